The summed E-state index contributed by atoms with van der Waals surface area (Å²) in [5.41, 5.74) is 7.52. The Morgan fingerprint density at radius 3 is 2.33 bits per heavy atom. The molecule has 1 aromatic rings. The molecule has 4 atom stereocenters. The summed E-state index contributed by atoms with van der Waals surface area (Å²) in [6.07, 6.45) is 4.34. The highest BCUT2D eigenvalue weighted by atomic mass is 32.1. The number of amides is 4. The Balaban J connectivity index is 0.000000485. The van der Waals surface area contributed by atoms with Gasteiger partial charge < -0.3 is 35.5 Å². The van der Waals surface area contributed by atoms with Gasteiger partial charge in [-0.15, -0.1) is 0 Å². The molecule has 1 aliphatic heterocycles. The van der Waals surface area contributed by atoms with E-state index in [9.17, 15) is 19.2 Å². The van der Waals surface area contributed by atoms with Crippen molar-refractivity contribution >= 4 is 37.2 Å². The van der Waals surface area contributed by atoms with Gasteiger partial charge in [-0.05, 0) is 82.8 Å². The van der Waals surface area contributed by atoms with Gasteiger partial charge in [-0.25, -0.2) is 4.79 Å². The topological polar surface area (TPSA) is 154 Å². The molecule has 1 aromatic carbocycles. The Morgan fingerprint density at radius 2 is 1.81 bits per heavy atom. The van der Waals surface area contributed by atoms with E-state index in [1.807, 2.05) is 33.8 Å². The zero-order valence-electron chi connectivity index (χ0n) is 26.3. The Morgan fingerprint density at radius 1 is 1.19 bits per heavy atom. The second-order valence-electron chi connectivity index (χ2n) is 13.0. The first-order valence-electron chi connectivity index (χ1n) is 14.3. The first kappa shape index (κ1) is 37.2. The van der Waals surface area contributed by atoms with Gasteiger partial charge in [0.25, 0.3) is 0 Å². The van der Waals surface area contributed by atoms with Gasteiger partial charge in [0.15, 0.2) is 0 Å². The van der Waals surface area contributed by atoms with Gasteiger partial charge in [-0.1, -0.05) is 45.0 Å². The number of nitrogens with two attached hydrogens (primary N) is 1. The molecule has 12 heteroatoms. The Hall–Kier alpha value is -2.83. The summed E-state index contributed by atoms with van der Waals surface area (Å²) in [4.78, 5) is 50.9. The number of ether oxygens (including phenoxy) is 1. The summed E-state index contributed by atoms with van der Waals surface area (Å²) < 4.78 is 11.9. The Bertz CT molecular complexity index is 1040. The normalized spacial score (nSPS) is 20.4. The molecule has 0 saturated carbocycles. The van der Waals surface area contributed by atoms with E-state index in [-0.39, 0.29) is 30.6 Å². The predicted molar refractivity (Wildman–Crippen MR) is 167 cm³/mol. The van der Waals surface area contributed by atoms with Crippen LogP contribution in [0, 0.1) is 5.41 Å². The zero-order valence-corrected chi connectivity index (χ0v) is 27.2. The van der Waals surface area contributed by atoms with E-state index in [4.69, 9.17) is 15.0 Å². The molecule has 0 spiro atoms. The first-order chi connectivity index (χ1) is 19.5. The van der Waals surface area contributed by atoms with E-state index in [0.29, 0.717) is 6.54 Å². The second-order valence-corrected chi connectivity index (χ2v) is 13.0. The van der Waals surface area contributed by atoms with Gasteiger partial charge in [-0.3, -0.25) is 14.4 Å². The number of nitrogens with zero attached hydrogens (tertiary/aromatic N) is 2. The van der Waals surface area contributed by atoms with Gasteiger partial charge in [0.05, 0.1) is 6.04 Å². The molecule has 5 N–H and O–H groups in total. The van der Waals surface area contributed by atoms with E-state index in [2.05, 4.69) is 41.7 Å². The minimum absolute atomic E-state index is 0.0405. The highest BCUT2D eigenvalue weighted by Gasteiger charge is 2.40. The number of fused-ring (bicyclic) bond motifs is 1. The highest BCUT2D eigenvalue weighted by molar-refractivity contribution is 7.74. The van der Waals surface area contributed by atoms with Crippen LogP contribution in [-0.2, 0) is 25.5 Å². The molecule has 0 aromatic heterocycles. The molecule has 1 saturated heterocycles. The lowest BCUT2D eigenvalue weighted by Crippen LogP contribution is -2.57. The lowest BCUT2D eigenvalue weighted by atomic mass is 9.85. The van der Waals surface area contributed by atoms with Crippen LogP contribution >= 0.6 is 12.9 Å². The van der Waals surface area contributed by atoms with Crippen LogP contribution in [0.15, 0.2) is 24.3 Å². The van der Waals surface area contributed by atoms with E-state index in [0.717, 1.165) is 25.7 Å². The molecule has 11 nitrogen and oxygen atoms in total. The summed E-state index contributed by atoms with van der Waals surface area (Å²) in [6, 6.07) is 7.87. The molecular formula is C30H51N5O6S. The minimum Gasteiger partial charge on any atom is -0.444 e. The maximum absolute atomic E-state index is 13.0. The van der Waals surface area contributed by atoms with Gasteiger partial charge in [0.1, 0.15) is 18.2 Å². The Kier molecular flexibility index (Phi) is 14.8. The predicted octanol–water partition coefficient (Wildman–Crippen LogP) is 3.53. The van der Waals surface area contributed by atoms with Crippen molar-refractivity contribution < 1.29 is 28.5 Å². The SMILES string of the molecule is CC1CC(N)CN1C(=O)C(NC(=O)CN(C)C(=O)OC(C)(C)C)C(C)(C)C.O=CNC1CCCc2ccccc21.OS. The number of nitrogens with one attached hydrogen (secondary N) is 2. The number of rotatable bonds is 6. The van der Waals surface area contributed by atoms with Crippen LogP contribution < -0.4 is 16.4 Å². The summed E-state index contributed by atoms with van der Waals surface area (Å²) in [6.45, 7) is 13.2. The molecule has 2 aliphatic rings. The molecular weight excluding hydrogens is 558 g/mol. The number of thiol groups is 1. The zero-order chi connectivity index (χ0) is 32.3. The maximum Gasteiger partial charge on any atom is 0.410 e. The van der Waals surface area contributed by atoms with Crippen molar-refractivity contribution in [2.45, 2.75) is 104 Å². The first-order valence-corrected chi connectivity index (χ1v) is 14.7. The summed E-state index contributed by atoms with van der Waals surface area (Å²) in [7, 11) is 1.49. The fourth-order valence-corrected chi connectivity index (χ4v) is 5.03. The number of likely N-dealkylation sites (tertiary alicyclic amines) is 1. The van der Waals surface area contributed by atoms with Gasteiger partial charge >= 0.3 is 6.09 Å². The van der Waals surface area contributed by atoms with Crippen LogP contribution in [0.4, 0.5) is 4.79 Å². The summed E-state index contributed by atoms with van der Waals surface area (Å²) >= 11 is 2.53. The molecule has 4 amide bonds. The van der Waals surface area contributed by atoms with Crippen LogP contribution in [0.3, 0.4) is 0 Å². The molecule has 1 heterocycles. The minimum atomic E-state index is -0.704. The van der Waals surface area contributed by atoms with Crippen LogP contribution in [0.5, 0.6) is 0 Å². The number of hydrogen-bond acceptors (Lipinski definition) is 8. The smallest absolute Gasteiger partial charge is 0.410 e. The Labute approximate surface area is 256 Å². The number of carbonyl (C=O) groups is 4. The maximum atomic E-state index is 13.0. The van der Waals surface area contributed by atoms with E-state index in [1.54, 1.807) is 25.7 Å². The lowest BCUT2D eigenvalue weighted by molar-refractivity contribution is -0.140. The van der Waals surface area contributed by atoms with E-state index < -0.39 is 29.1 Å². The number of benzene rings is 1. The van der Waals surface area contributed by atoms with Crippen molar-refractivity contribution in [3.63, 3.8) is 0 Å². The van der Waals surface area contributed by atoms with Crippen LogP contribution in [-0.4, -0.2) is 82.5 Å². The standard InChI is InChI=1S/C19H36N4O4.C11H13NO.H2OS/c1-12-9-13(20)10-23(12)16(25)15(18(2,3)4)21-14(24)11-22(8)17(26)27-19(5,6)7;13-8-12-11-7-3-5-9-4-1-2-6-10(9)11;1-2/h12-13,15H,9-11,20H2,1-8H3,(H,21,24);1-2,4,6,8,11H,3,5,7H2,(H,12,13);1-2H. The summed E-state index contributed by atoms with van der Waals surface area (Å²) in [5.74, 6) is -0.552. The number of hydrogen-bond donors (Lipinski definition) is 5. The largest absolute Gasteiger partial charge is 0.444 e. The van der Waals surface area contributed by atoms with Gasteiger partial charge in [0, 0.05) is 25.7 Å². The molecule has 1 fully saturated rings. The van der Waals surface area contributed by atoms with Crippen LogP contribution in [0.1, 0.15) is 84.9 Å². The number of aryl methyl sites for hydroxylation is 1. The number of likely N-dealkylation sites (N-methyl/N-ethyl adjacent to an activating group) is 1. The fourth-order valence-electron chi connectivity index (χ4n) is 5.03. The second kappa shape index (κ2) is 16.7. The van der Waals surface area contributed by atoms with Gasteiger partial charge in [0.2, 0.25) is 18.2 Å². The van der Waals surface area contributed by atoms with Crippen molar-refractivity contribution in [2.24, 2.45) is 11.1 Å². The molecule has 0 bridgehead atoms. The average Bonchev–Trinajstić information content (AvgIpc) is 3.25. The average molecular weight is 610 g/mol. The number of carbonyl (C=O) groups excluding carboxylic acids is 4. The van der Waals surface area contributed by atoms with Crippen molar-refractivity contribution in [2.75, 3.05) is 20.1 Å². The van der Waals surface area contributed by atoms with Crippen molar-refractivity contribution in [3.8, 4) is 0 Å². The highest BCUT2D eigenvalue weighted by Crippen LogP contribution is 2.29. The molecule has 238 valence electrons. The van der Waals surface area contributed by atoms with Crippen LogP contribution in [0.25, 0.3) is 0 Å². The van der Waals surface area contributed by atoms with Crippen molar-refractivity contribution in [1.82, 2.24) is 20.4 Å². The monoisotopic (exact) mass is 609 g/mol. The molecule has 42 heavy (non-hydrogen) atoms. The quantitative estimate of drug-likeness (QED) is 0.188. The summed E-state index contributed by atoms with van der Waals surface area (Å²) in [5, 5.41) is 5.66. The van der Waals surface area contributed by atoms with E-state index >= 15 is 0 Å². The van der Waals surface area contributed by atoms with Crippen molar-refractivity contribution in [1.29, 1.82) is 0 Å². The van der Waals surface area contributed by atoms with Crippen molar-refractivity contribution in [3.05, 3.63) is 35.4 Å². The molecule has 3 rings (SSSR count). The molecule has 4 unspecified atom stereocenters. The lowest BCUT2D eigenvalue weighted by Gasteiger charge is -2.35. The van der Waals surface area contributed by atoms with E-state index in [1.165, 1.54) is 29.5 Å². The van der Waals surface area contributed by atoms with Crippen LogP contribution in [0.2, 0.25) is 0 Å². The molecule has 1 aliphatic carbocycles. The fraction of sp³-hybridized carbons (Fsp3) is 0.667. The molecule has 0 radical (unpaired) electrons. The third-order valence-corrected chi connectivity index (χ3v) is 7.03. The third kappa shape index (κ3) is 11.8. The van der Waals surface area contributed by atoms with Gasteiger partial charge in [-0.2, -0.15) is 0 Å². The third-order valence-electron chi connectivity index (χ3n) is 7.03.